The molecule has 0 aliphatic carbocycles. The van der Waals surface area contributed by atoms with Crippen molar-refractivity contribution < 1.29 is 27.9 Å². The van der Waals surface area contributed by atoms with Gasteiger partial charge in [-0.3, -0.25) is 0 Å². The number of nitrogens with zero attached hydrogens (tertiary/aromatic N) is 2. The number of aromatic nitrogens is 2. The van der Waals surface area contributed by atoms with E-state index in [2.05, 4.69) is 10.1 Å². The molecule has 3 aromatic rings. The van der Waals surface area contributed by atoms with Gasteiger partial charge in [-0.05, 0) is 30.3 Å². The van der Waals surface area contributed by atoms with Gasteiger partial charge in [0.1, 0.15) is 17.3 Å². The van der Waals surface area contributed by atoms with Gasteiger partial charge in [0.25, 0.3) is 5.89 Å². The smallest absolute Gasteiger partial charge is 0.340 e. The Labute approximate surface area is 153 Å². The van der Waals surface area contributed by atoms with E-state index in [4.69, 9.17) is 24.5 Å². The molecule has 0 aliphatic heterocycles. The highest BCUT2D eigenvalue weighted by Crippen LogP contribution is 2.31. The molecule has 9 heteroatoms. The Morgan fingerprint density at radius 3 is 2.70 bits per heavy atom. The summed E-state index contributed by atoms with van der Waals surface area (Å²) in [4.78, 5) is 16.2. The van der Waals surface area contributed by atoms with Crippen LogP contribution in [0.5, 0.6) is 11.5 Å². The van der Waals surface area contributed by atoms with E-state index in [0.29, 0.717) is 17.1 Å². The molecule has 8 nitrogen and oxygen atoms in total. The van der Waals surface area contributed by atoms with Crippen molar-refractivity contribution in [1.82, 2.24) is 10.1 Å². The minimum absolute atomic E-state index is 0.0193. The van der Waals surface area contributed by atoms with Gasteiger partial charge in [0.2, 0.25) is 5.82 Å². The molecule has 0 atom stereocenters. The maximum absolute atomic E-state index is 13.1. The molecule has 0 saturated carbocycles. The average Bonchev–Trinajstić information content (AvgIpc) is 3.14. The lowest BCUT2D eigenvalue weighted by Gasteiger charge is -2.07. The van der Waals surface area contributed by atoms with Gasteiger partial charge in [0, 0.05) is 11.8 Å². The summed E-state index contributed by atoms with van der Waals surface area (Å²) in [5, 5.41) is 3.86. The van der Waals surface area contributed by atoms with Crippen molar-refractivity contribution in [1.29, 1.82) is 0 Å². The molecule has 2 aromatic carbocycles. The van der Waals surface area contributed by atoms with Gasteiger partial charge in [0.15, 0.2) is 6.61 Å². The fourth-order valence-corrected chi connectivity index (χ4v) is 2.33. The fourth-order valence-electron chi connectivity index (χ4n) is 2.33. The van der Waals surface area contributed by atoms with Crippen molar-refractivity contribution in [3.8, 4) is 22.9 Å². The van der Waals surface area contributed by atoms with Gasteiger partial charge >= 0.3 is 5.97 Å². The van der Waals surface area contributed by atoms with E-state index in [-0.39, 0.29) is 29.6 Å². The number of carbonyl (C=O) groups excluding carboxylic acids is 1. The minimum atomic E-state index is -0.728. The lowest BCUT2D eigenvalue weighted by molar-refractivity contribution is 0.0431. The van der Waals surface area contributed by atoms with Crippen molar-refractivity contribution in [2.24, 2.45) is 0 Å². The van der Waals surface area contributed by atoms with Gasteiger partial charge in [-0.25, -0.2) is 9.18 Å². The Hall–Kier alpha value is -3.62. The molecule has 0 spiro atoms. The molecule has 0 aliphatic rings. The number of anilines is 1. The Bertz CT molecular complexity index is 973. The first-order valence-corrected chi connectivity index (χ1v) is 7.79. The minimum Gasteiger partial charge on any atom is -0.497 e. The molecule has 1 heterocycles. The van der Waals surface area contributed by atoms with Crippen molar-refractivity contribution in [3.05, 3.63) is 53.7 Å². The summed E-state index contributed by atoms with van der Waals surface area (Å²) < 4.78 is 33.7. The van der Waals surface area contributed by atoms with Gasteiger partial charge in [0.05, 0.1) is 25.3 Å². The zero-order valence-electron chi connectivity index (χ0n) is 14.6. The zero-order chi connectivity index (χ0) is 19.4. The van der Waals surface area contributed by atoms with Crippen LogP contribution in [0.4, 0.5) is 10.1 Å². The third-order valence-electron chi connectivity index (χ3n) is 3.68. The van der Waals surface area contributed by atoms with Crippen molar-refractivity contribution >= 4 is 11.7 Å². The first kappa shape index (κ1) is 18.2. The molecule has 0 unspecified atom stereocenters. The topological polar surface area (TPSA) is 110 Å². The number of carbonyl (C=O) groups is 1. The second kappa shape index (κ2) is 7.73. The Kier molecular flexibility index (Phi) is 5.20. The number of ether oxygens (including phenoxy) is 3. The van der Waals surface area contributed by atoms with E-state index in [0.717, 1.165) is 12.1 Å². The second-order valence-electron chi connectivity index (χ2n) is 5.39. The molecule has 3 rings (SSSR count). The first-order chi connectivity index (χ1) is 13.0. The number of rotatable bonds is 6. The highest BCUT2D eigenvalue weighted by Gasteiger charge is 2.17. The average molecular weight is 373 g/mol. The van der Waals surface area contributed by atoms with Crippen LogP contribution < -0.4 is 15.2 Å². The van der Waals surface area contributed by atoms with Crippen LogP contribution in [-0.4, -0.2) is 30.3 Å². The quantitative estimate of drug-likeness (QED) is 0.519. The number of hydrogen-bond acceptors (Lipinski definition) is 8. The first-order valence-electron chi connectivity index (χ1n) is 7.79. The lowest BCUT2D eigenvalue weighted by Crippen LogP contribution is -2.08. The van der Waals surface area contributed by atoms with E-state index in [1.165, 1.54) is 13.2 Å². The third-order valence-corrected chi connectivity index (χ3v) is 3.68. The Balaban J connectivity index is 1.72. The van der Waals surface area contributed by atoms with Crippen molar-refractivity contribution in [2.45, 2.75) is 6.61 Å². The molecule has 0 radical (unpaired) electrons. The molecule has 0 amide bonds. The van der Waals surface area contributed by atoms with Crippen LogP contribution in [0.25, 0.3) is 11.4 Å². The van der Waals surface area contributed by atoms with Crippen LogP contribution in [-0.2, 0) is 11.3 Å². The summed E-state index contributed by atoms with van der Waals surface area (Å²) in [6.45, 7) is -0.263. The number of nitrogens with two attached hydrogens (primary N) is 1. The number of methoxy groups -OCH3 is 2. The highest BCUT2D eigenvalue weighted by atomic mass is 19.1. The van der Waals surface area contributed by atoms with Crippen LogP contribution >= 0.6 is 0 Å². The SMILES string of the molecule is COc1ccc(-c2noc(COC(=O)c3ccc(F)cc3N)n2)c(OC)c1. The van der Waals surface area contributed by atoms with E-state index in [1.807, 2.05) is 0 Å². The second-order valence-corrected chi connectivity index (χ2v) is 5.39. The zero-order valence-corrected chi connectivity index (χ0v) is 14.6. The van der Waals surface area contributed by atoms with Gasteiger partial charge < -0.3 is 24.5 Å². The molecular formula is C18H16FN3O5. The largest absolute Gasteiger partial charge is 0.497 e. The van der Waals surface area contributed by atoms with E-state index < -0.39 is 11.8 Å². The van der Waals surface area contributed by atoms with E-state index in [1.54, 1.807) is 25.3 Å². The Morgan fingerprint density at radius 2 is 2.00 bits per heavy atom. The molecule has 0 bridgehead atoms. The summed E-state index contributed by atoms with van der Waals surface area (Å²) in [6.07, 6.45) is 0. The number of hydrogen-bond donors (Lipinski definition) is 1. The summed E-state index contributed by atoms with van der Waals surface area (Å²) in [6, 6.07) is 8.53. The van der Waals surface area contributed by atoms with Gasteiger partial charge in [-0.2, -0.15) is 4.98 Å². The molecule has 0 saturated heterocycles. The fraction of sp³-hybridized carbons (Fsp3) is 0.167. The molecule has 0 fully saturated rings. The Morgan fingerprint density at radius 1 is 1.19 bits per heavy atom. The molecule has 1 aromatic heterocycles. The van der Waals surface area contributed by atoms with Crippen LogP contribution in [0, 0.1) is 5.82 Å². The van der Waals surface area contributed by atoms with E-state index in [9.17, 15) is 9.18 Å². The molecule has 27 heavy (non-hydrogen) atoms. The molecular weight excluding hydrogens is 357 g/mol. The van der Waals surface area contributed by atoms with Crippen LogP contribution in [0.2, 0.25) is 0 Å². The van der Waals surface area contributed by atoms with E-state index >= 15 is 0 Å². The predicted molar refractivity (Wildman–Crippen MR) is 92.8 cm³/mol. The van der Waals surface area contributed by atoms with Crippen LogP contribution in [0.3, 0.4) is 0 Å². The van der Waals surface area contributed by atoms with Gasteiger partial charge in [-0.1, -0.05) is 5.16 Å². The third kappa shape index (κ3) is 3.97. The summed E-state index contributed by atoms with van der Waals surface area (Å²) in [5.41, 5.74) is 6.23. The number of nitrogen functional groups attached to an aromatic ring is 1. The van der Waals surface area contributed by atoms with Gasteiger partial charge in [-0.15, -0.1) is 0 Å². The maximum atomic E-state index is 13.1. The highest BCUT2D eigenvalue weighted by molar-refractivity contribution is 5.94. The normalized spacial score (nSPS) is 10.5. The number of benzene rings is 2. The van der Waals surface area contributed by atoms with Crippen LogP contribution in [0.15, 0.2) is 40.9 Å². The molecule has 140 valence electrons. The molecule has 2 N–H and O–H groups in total. The summed E-state index contributed by atoms with van der Waals surface area (Å²) in [7, 11) is 3.05. The monoisotopic (exact) mass is 373 g/mol. The predicted octanol–water partition coefficient (Wildman–Crippen LogP) is 2.83. The van der Waals surface area contributed by atoms with Crippen molar-refractivity contribution in [3.63, 3.8) is 0 Å². The van der Waals surface area contributed by atoms with Crippen LogP contribution in [0.1, 0.15) is 16.2 Å². The number of esters is 1. The summed E-state index contributed by atoms with van der Waals surface area (Å²) >= 11 is 0. The van der Waals surface area contributed by atoms with Crippen molar-refractivity contribution in [2.75, 3.05) is 20.0 Å². The standard InChI is InChI=1S/C18H16FN3O5/c1-24-11-4-6-13(15(8-11)25-2)17-21-16(27-22-17)9-26-18(23)12-5-3-10(19)7-14(12)20/h3-8H,9,20H2,1-2H3. The number of halogens is 1. The lowest BCUT2D eigenvalue weighted by atomic mass is 10.2. The maximum Gasteiger partial charge on any atom is 0.340 e. The summed E-state index contributed by atoms with van der Waals surface area (Å²) in [5.74, 6) is 0.190.